The Labute approximate surface area is 131 Å². The number of carbonyl (C=O) groups is 3. The number of carbonyl (C=O) groups excluding carboxylic acids is 2. The second-order valence-corrected chi connectivity index (χ2v) is 6.86. The van der Waals surface area contributed by atoms with Gasteiger partial charge in [-0.25, -0.2) is 0 Å². The normalized spacial score (nSPS) is 29.0. The van der Waals surface area contributed by atoms with Gasteiger partial charge in [-0.15, -0.1) is 0 Å². The third-order valence-corrected chi connectivity index (χ3v) is 4.81. The summed E-state index contributed by atoms with van der Waals surface area (Å²) >= 11 is 0. The molecule has 2 saturated heterocycles. The molecule has 1 unspecified atom stereocenters. The number of likely N-dealkylation sites (tertiary alicyclic amines) is 2. The van der Waals surface area contributed by atoms with Gasteiger partial charge < -0.3 is 14.9 Å². The lowest BCUT2D eigenvalue weighted by Gasteiger charge is -2.37. The first-order valence-corrected chi connectivity index (χ1v) is 8.15. The Morgan fingerprint density at radius 2 is 1.82 bits per heavy atom. The molecule has 124 valence electrons. The van der Waals surface area contributed by atoms with Crippen LogP contribution in [0.5, 0.6) is 0 Å². The summed E-state index contributed by atoms with van der Waals surface area (Å²) in [6.45, 7) is 6.91. The zero-order valence-corrected chi connectivity index (χ0v) is 13.6. The van der Waals surface area contributed by atoms with E-state index in [1.807, 2.05) is 20.8 Å². The maximum atomic E-state index is 12.8. The number of piperidine rings is 1. The molecule has 0 bridgehead atoms. The maximum Gasteiger partial charge on any atom is 0.308 e. The van der Waals surface area contributed by atoms with E-state index in [-0.39, 0.29) is 30.2 Å². The maximum absolute atomic E-state index is 12.8. The van der Waals surface area contributed by atoms with Crippen LogP contribution in [0.2, 0.25) is 0 Å². The molecule has 0 aliphatic carbocycles. The zero-order chi connectivity index (χ0) is 16.4. The molecule has 3 atom stereocenters. The quantitative estimate of drug-likeness (QED) is 0.849. The minimum absolute atomic E-state index is 0.0140. The highest BCUT2D eigenvalue weighted by molar-refractivity contribution is 5.89. The summed E-state index contributed by atoms with van der Waals surface area (Å²) < 4.78 is 0. The van der Waals surface area contributed by atoms with Crippen LogP contribution in [0.3, 0.4) is 0 Å². The Bertz CT molecular complexity index is 463. The lowest BCUT2D eigenvalue weighted by molar-refractivity contribution is -0.149. The molecule has 0 radical (unpaired) electrons. The Kier molecular flexibility index (Phi) is 5.08. The van der Waals surface area contributed by atoms with Gasteiger partial charge in [0.05, 0.1) is 5.92 Å². The first-order chi connectivity index (χ1) is 10.3. The molecule has 0 aromatic carbocycles. The fourth-order valence-corrected chi connectivity index (χ4v) is 3.46. The van der Waals surface area contributed by atoms with E-state index < -0.39 is 17.9 Å². The van der Waals surface area contributed by atoms with Crippen molar-refractivity contribution in [3.05, 3.63) is 0 Å². The molecule has 0 saturated carbocycles. The highest BCUT2D eigenvalue weighted by Gasteiger charge is 2.41. The topological polar surface area (TPSA) is 77.9 Å². The van der Waals surface area contributed by atoms with Crippen molar-refractivity contribution in [3.63, 3.8) is 0 Å². The van der Waals surface area contributed by atoms with Gasteiger partial charge >= 0.3 is 5.97 Å². The van der Waals surface area contributed by atoms with Crippen molar-refractivity contribution in [2.45, 2.75) is 46.1 Å². The van der Waals surface area contributed by atoms with Crippen LogP contribution in [0.15, 0.2) is 0 Å². The van der Waals surface area contributed by atoms with Crippen LogP contribution in [0.1, 0.15) is 40.0 Å². The number of carboxylic acids is 1. The molecule has 6 heteroatoms. The number of nitrogens with zero attached hydrogens (tertiary/aromatic N) is 2. The fraction of sp³-hybridized carbons (Fsp3) is 0.812. The molecule has 2 amide bonds. The predicted octanol–water partition coefficient (Wildman–Crippen LogP) is 1.20. The fourth-order valence-electron chi connectivity index (χ4n) is 3.46. The molecule has 2 heterocycles. The summed E-state index contributed by atoms with van der Waals surface area (Å²) in [5, 5.41) is 9.20. The Balaban J connectivity index is 2.10. The number of amides is 2. The average Bonchev–Trinajstić information content (AvgIpc) is 2.87. The molecule has 0 spiro atoms. The summed E-state index contributed by atoms with van der Waals surface area (Å²) in [4.78, 5) is 39.7. The molecule has 22 heavy (non-hydrogen) atoms. The number of hydrogen-bond acceptors (Lipinski definition) is 3. The zero-order valence-electron chi connectivity index (χ0n) is 13.6. The highest BCUT2D eigenvalue weighted by atomic mass is 16.4. The molecule has 2 fully saturated rings. The van der Waals surface area contributed by atoms with Crippen LogP contribution in [0.25, 0.3) is 0 Å². The van der Waals surface area contributed by atoms with Crippen LogP contribution in [-0.2, 0) is 14.4 Å². The molecular formula is C16H26N2O4. The average molecular weight is 310 g/mol. The number of carboxylic acid groups (broad SMARTS) is 1. The van der Waals surface area contributed by atoms with Gasteiger partial charge in [0.1, 0.15) is 6.04 Å². The Morgan fingerprint density at radius 1 is 1.14 bits per heavy atom. The van der Waals surface area contributed by atoms with Gasteiger partial charge in [0.15, 0.2) is 0 Å². The van der Waals surface area contributed by atoms with Gasteiger partial charge in [0.2, 0.25) is 11.8 Å². The minimum atomic E-state index is -0.846. The van der Waals surface area contributed by atoms with E-state index in [2.05, 4.69) is 0 Å². The van der Waals surface area contributed by atoms with E-state index in [9.17, 15) is 19.5 Å². The first-order valence-electron chi connectivity index (χ1n) is 8.15. The summed E-state index contributed by atoms with van der Waals surface area (Å²) in [6.07, 6.45) is 2.54. The van der Waals surface area contributed by atoms with Crippen LogP contribution in [0.4, 0.5) is 0 Å². The molecule has 2 rings (SSSR count). The SMILES string of the molecule is CC(C)C(=O)N1CCCCC1C(=O)N1C[C@@H](C)[C@H](C(=O)O)C1. The van der Waals surface area contributed by atoms with E-state index in [1.165, 1.54) is 0 Å². The van der Waals surface area contributed by atoms with Crippen molar-refractivity contribution < 1.29 is 19.5 Å². The van der Waals surface area contributed by atoms with E-state index in [0.717, 1.165) is 12.8 Å². The smallest absolute Gasteiger partial charge is 0.308 e. The number of hydrogen-bond donors (Lipinski definition) is 1. The Morgan fingerprint density at radius 3 is 2.36 bits per heavy atom. The monoisotopic (exact) mass is 310 g/mol. The van der Waals surface area contributed by atoms with E-state index in [4.69, 9.17) is 0 Å². The van der Waals surface area contributed by atoms with Crippen molar-refractivity contribution in [2.75, 3.05) is 19.6 Å². The van der Waals surface area contributed by atoms with Crippen molar-refractivity contribution in [2.24, 2.45) is 17.8 Å². The van der Waals surface area contributed by atoms with Crippen LogP contribution < -0.4 is 0 Å². The lowest BCUT2D eigenvalue weighted by atomic mass is 9.99. The second-order valence-electron chi connectivity index (χ2n) is 6.86. The largest absolute Gasteiger partial charge is 0.481 e. The third-order valence-electron chi connectivity index (χ3n) is 4.81. The van der Waals surface area contributed by atoms with Crippen LogP contribution in [-0.4, -0.2) is 58.4 Å². The summed E-state index contributed by atoms with van der Waals surface area (Å²) in [5.41, 5.74) is 0. The summed E-state index contributed by atoms with van der Waals surface area (Å²) in [6, 6.07) is -0.414. The third kappa shape index (κ3) is 3.25. The Hall–Kier alpha value is -1.59. The molecular weight excluding hydrogens is 284 g/mol. The molecule has 0 aromatic heterocycles. The van der Waals surface area contributed by atoms with Gasteiger partial charge in [-0.3, -0.25) is 14.4 Å². The van der Waals surface area contributed by atoms with E-state index in [0.29, 0.717) is 19.5 Å². The van der Waals surface area contributed by atoms with Gasteiger partial charge in [-0.2, -0.15) is 0 Å². The number of rotatable bonds is 3. The molecule has 2 aliphatic heterocycles. The predicted molar refractivity (Wildman–Crippen MR) is 81.1 cm³/mol. The van der Waals surface area contributed by atoms with Crippen molar-refractivity contribution >= 4 is 17.8 Å². The van der Waals surface area contributed by atoms with Gasteiger partial charge in [0, 0.05) is 25.6 Å². The van der Waals surface area contributed by atoms with E-state index in [1.54, 1.807) is 9.80 Å². The lowest BCUT2D eigenvalue weighted by Crippen LogP contribution is -2.53. The van der Waals surface area contributed by atoms with Gasteiger partial charge in [-0.05, 0) is 25.2 Å². The molecule has 6 nitrogen and oxygen atoms in total. The summed E-state index contributed by atoms with van der Waals surface area (Å²) in [5.74, 6) is -1.58. The molecule has 1 N–H and O–H groups in total. The number of aliphatic carboxylic acids is 1. The standard InChI is InChI=1S/C16H26N2O4/c1-10(2)14(19)18-7-5-4-6-13(18)15(20)17-8-11(3)12(9-17)16(21)22/h10-13H,4-9H2,1-3H3,(H,21,22)/t11-,12-,13?/m1/s1. The van der Waals surface area contributed by atoms with Crippen molar-refractivity contribution in [1.82, 2.24) is 9.80 Å². The minimum Gasteiger partial charge on any atom is -0.481 e. The summed E-state index contributed by atoms with van der Waals surface area (Å²) in [7, 11) is 0. The van der Waals surface area contributed by atoms with Crippen molar-refractivity contribution in [1.29, 1.82) is 0 Å². The molecule has 2 aliphatic rings. The highest BCUT2D eigenvalue weighted by Crippen LogP contribution is 2.27. The van der Waals surface area contributed by atoms with Gasteiger partial charge in [0.25, 0.3) is 0 Å². The van der Waals surface area contributed by atoms with Crippen LogP contribution >= 0.6 is 0 Å². The van der Waals surface area contributed by atoms with Gasteiger partial charge in [-0.1, -0.05) is 20.8 Å². The van der Waals surface area contributed by atoms with Crippen LogP contribution in [0, 0.1) is 17.8 Å². The van der Waals surface area contributed by atoms with E-state index >= 15 is 0 Å². The van der Waals surface area contributed by atoms with Crippen molar-refractivity contribution in [3.8, 4) is 0 Å². The molecule has 0 aromatic rings. The first kappa shape index (κ1) is 16.8. The second kappa shape index (κ2) is 6.67.